The maximum absolute atomic E-state index is 12.5. The molecular weight excluding hydrogens is 291 g/mol. The molecule has 0 aromatic carbocycles. The second-order valence-electron chi connectivity index (χ2n) is 2.55. The number of pyridine rings is 1. The predicted octanol–water partition coefficient (Wildman–Crippen LogP) is 2.42. The summed E-state index contributed by atoms with van der Waals surface area (Å²) in [6.07, 6.45) is -1.10. The van der Waals surface area contributed by atoms with Gasteiger partial charge >= 0.3 is 0 Å². The number of halogens is 3. The van der Waals surface area contributed by atoms with Crippen LogP contribution in [0.2, 0.25) is 0 Å². The number of aliphatic hydroxyl groups excluding tert-OH is 1. The summed E-state index contributed by atoms with van der Waals surface area (Å²) in [5.74, 6) is 0. The Morgan fingerprint density at radius 2 is 2.23 bits per heavy atom. The molecule has 0 aliphatic heterocycles. The number of rotatable bonds is 2. The van der Waals surface area contributed by atoms with Crippen LogP contribution in [0, 0.1) is 10.5 Å². The molecule has 0 amide bonds. The molecular formula is C8H8F2INO. The van der Waals surface area contributed by atoms with Crippen LogP contribution in [0.25, 0.3) is 0 Å². The van der Waals surface area contributed by atoms with E-state index < -0.39 is 13.0 Å². The van der Waals surface area contributed by atoms with E-state index in [2.05, 4.69) is 4.98 Å². The van der Waals surface area contributed by atoms with Gasteiger partial charge in [-0.25, -0.2) is 8.78 Å². The Bertz CT molecular complexity index is 317. The highest BCUT2D eigenvalue weighted by Gasteiger charge is 2.18. The highest BCUT2D eigenvalue weighted by atomic mass is 127. The molecule has 0 saturated heterocycles. The molecule has 2 nitrogen and oxygen atoms in total. The topological polar surface area (TPSA) is 33.1 Å². The first-order chi connectivity index (χ1) is 6.07. The highest BCUT2D eigenvalue weighted by molar-refractivity contribution is 14.1. The fourth-order valence-corrected chi connectivity index (χ4v) is 1.49. The van der Waals surface area contributed by atoms with Crippen LogP contribution in [0.5, 0.6) is 0 Å². The van der Waals surface area contributed by atoms with Crippen LogP contribution in [0.4, 0.5) is 8.78 Å². The summed E-state index contributed by atoms with van der Waals surface area (Å²) < 4.78 is 25.7. The lowest BCUT2D eigenvalue weighted by Gasteiger charge is -2.10. The van der Waals surface area contributed by atoms with Crippen molar-refractivity contribution >= 4 is 22.6 Å². The Hall–Kier alpha value is -0.300. The second kappa shape index (κ2) is 4.28. The summed E-state index contributed by atoms with van der Waals surface area (Å²) in [4.78, 5) is 3.74. The SMILES string of the molecule is Cc1c(I)cnc(CO)c1C(F)F. The van der Waals surface area contributed by atoms with Gasteiger partial charge in [-0.2, -0.15) is 0 Å². The van der Waals surface area contributed by atoms with Crippen LogP contribution >= 0.6 is 22.6 Å². The minimum absolute atomic E-state index is 0.0629. The lowest BCUT2D eigenvalue weighted by molar-refractivity contribution is 0.145. The normalized spacial score (nSPS) is 10.9. The van der Waals surface area contributed by atoms with Crippen LogP contribution < -0.4 is 0 Å². The standard InChI is InChI=1S/C8H8F2INO/c1-4-5(11)2-12-6(3-13)7(4)8(9)10/h2,8,13H,3H2,1H3. The minimum Gasteiger partial charge on any atom is -0.390 e. The van der Waals surface area contributed by atoms with E-state index in [4.69, 9.17) is 5.11 Å². The van der Waals surface area contributed by atoms with E-state index in [1.165, 1.54) is 6.20 Å². The molecule has 0 bridgehead atoms. The Kier molecular flexibility index (Phi) is 3.55. The third-order valence-corrected chi connectivity index (χ3v) is 2.86. The fourth-order valence-electron chi connectivity index (χ4n) is 1.06. The van der Waals surface area contributed by atoms with Crippen LogP contribution in [0.3, 0.4) is 0 Å². The Morgan fingerprint density at radius 3 is 2.69 bits per heavy atom. The van der Waals surface area contributed by atoms with Crippen molar-refractivity contribution in [1.29, 1.82) is 0 Å². The average molecular weight is 299 g/mol. The number of aliphatic hydroxyl groups is 1. The van der Waals surface area contributed by atoms with Gasteiger partial charge in [-0.15, -0.1) is 0 Å². The van der Waals surface area contributed by atoms with Crippen LogP contribution in [0.1, 0.15) is 23.2 Å². The van der Waals surface area contributed by atoms with E-state index in [0.29, 0.717) is 9.13 Å². The van der Waals surface area contributed by atoms with Gasteiger partial charge in [-0.1, -0.05) is 0 Å². The molecule has 0 radical (unpaired) electrons. The van der Waals surface area contributed by atoms with Gasteiger partial charge in [0.05, 0.1) is 12.3 Å². The van der Waals surface area contributed by atoms with E-state index in [0.717, 1.165) is 0 Å². The first kappa shape index (κ1) is 10.8. The quantitative estimate of drug-likeness (QED) is 0.851. The molecule has 1 rings (SSSR count). The fraction of sp³-hybridized carbons (Fsp3) is 0.375. The van der Waals surface area contributed by atoms with Crippen LogP contribution in [0.15, 0.2) is 6.20 Å². The molecule has 0 unspecified atom stereocenters. The molecule has 1 heterocycles. The molecule has 1 aromatic heterocycles. The molecule has 5 heteroatoms. The molecule has 0 atom stereocenters. The van der Waals surface area contributed by atoms with Crippen molar-refractivity contribution in [2.75, 3.05) is 0 Å². The van der Waals surface area contributed by atoms with Gasteiger partial charge in [0, 0.05) is 15.3 Å². The van der Waals surface area contributed by atoms with Crippen LogP contribution in [-0.4, -0.2) is 10.1 Å². The van der Waals surface area contributed by atoms with Gasteiger partial charge in [0.25, 0.3) is 6.43 Å². The molecule has 1 aromatic rings. The number of hydrogen-bond acceptors (Lipinski definition) is 2. The van der Waals surface area contributed by atoms with Gasteiger partial charge < -0.3 is 5.11 Å². The Morgan fingerprint density at radius 1 is 1.62 bits per heavy atom. The summed E-state index contributed by atoms with van der Waals surface area (Å²) in [6, 6.07) is 0. The number of alkyl halides is 2. The number of aromatic nitrogens is 1. The van der Waals surface area contributed by atoms with Crippen molar-refractivity contribution in [3.05, 3.63) is 26.6 Å². The first-order valence-corrected chi connectivity index (χ1v) is 4.68. The number of nitrogens with zero attached hydrogens (tertiary/aromatic N) is 1. The lowest BCUT2D eigenvalue weighted by Crippen LogP contribution is -2.03. The van der Waals surface area contributed by atoms with Crippen molar-refractivity contribution in [1.82, 2.24) is 4.98 Å². The average Bonchev–Trinajstić information content (AvgIpc) is 2.08. The van der Waals surface area contributed by atoms with E-state index >= 15 is 0 Å². The molecule has 0 aliphatic carbocycles. The summed E-state index contributed by atoms with van der Waals surface area (Å²) in [6.45, 7) is 1.15. The molecule has 72 valence electrons. The van der Waals surface area contributed by atoms with E-state index in [1.807, 2.05) is 22.6 Å². The summed E-state index contributed by atoms with van der Waals surface area (Å²) >= 11 is 1.94. The van der Waals surface area contributed by atoms with Crippen molar-refractivity contribution < 1.29 is 13.9 Å². The van der Waals surface area contributed by atoms with Crippen molar-refractivity contribution in [2.45, 2.75) is 20.0 Å². The largest absolute Gasteiger partial charge is 0.390 e. The van der Waals surface area contributed by atoms with Gasteiger partial charge in [0.15, 0.2) is 0 Å². The third kappa shape index (κ3) is 2.14. The summed E-state index contributed by atoms with van der Waals surface area (Å²) in [7, 11) is 0. The minimum atomic E-state index is -2.58. The zero-order valence-corrected chi connectivity index (χ0v) is 9.05. The zero-order valence-electron chi connectivity index (χ0n) is 6.89. The van der Waals surface area contributed by atoms with Crippen LogP contribution in [-0.2, 0) is 6.61 Å². The van der Waals surface area contributed by atoms with Crippen molar-refractivity contribution in [2.24, 2.45) is 0 Å². The van der Waals surface area contributed by atoms with Crippen molar-refractivity contribution in [3.63, 3.8) is 0 Å². The first-order valence-electron chi connectivity index (χ1n) is 3.60. The Balaban J connectivity index is 3.32. The monoisotopic (exact) mass is 299 g/mol. The predicted molar refractivity (Wildman–Crippen MR) is 52.6 cm³/mol. The molecule has 0 fully saturated rings. The van der Waals surface area contributed by atoms with Gasteiger partial charge in [0.1, 0.15) is 0 Å². The third-order valence-electron chi connectivity index (χ3n) is 1.77. The molecule has 0 saturated carbocycles. The number of hydrogen-bond donors (Lipinski definition) is 1. The molecule has 0 spiro atoms. The molecule has 1 N–H and O–H groups in total. The highest BCUT2D eigenvalue weighted by Crippen LogP contribution is 2.27. The maximum atomic E-state index is 12.5. The zero-order chi connectivity index (χ0) is 10.0. The van der Waals surface area contributed by atoms with Gasteiger partial charge in [-0.05, 0) is 35.1 Å². The van der Waals surface area contributed by atoms with Crippen molar-refractivity contribution in [3.8, 4) is 0 Å². The van der Waals surface area contributed by atoms with E-state index in [1.54, 1.807) is 6.92 Å². The smallest absolute Gasteiger partial charge is 0.265 e. The molecule has 0 aliphatic rings. The molecule has 13 heavy (non-hydrogen) atoms. The van der Waals surface area contributed by atoms with Gasteiger partial charge in [0.2, 0.25) is 0 Å². The van der Waals surface area contributed by atoms with E-state index in [-0.39, 0.29) is 11.3 Å². The van der Waals surface area contributed by atoms with Gasteiger partial charge in [-0.3, -0.25) is 4.98 Å². The van der Waals surface area contributed by atoms with E-state index in [9.17, 15) is 8.78 Å². The summed E-state index contributed by atoms with van der Waals surface area (Å²) in [5, 5.41) is 8.78. The Labute approximate surface area is 88.1 Å². The lowest BCUT2D eigenvalue weighted by atomic mass is 10.1. The summed E-state index contributed by atoms with van der Waals surface area (Å²) in [5.41, 5.74) is 0.414. The maximum Gasteiger partial charge on any atom is 0.265 e. The second-order valence-corrected chi connectivity index (χ2v) is 3.71.